The van der Waals surface area contributed by atoms with Crippen LogP contribution in [0.4, 0.5) is 0 Å². The summed E-state index contributed by atoms with van der Waals surface area (Å²) >= 11 is 0. The molecule has 1 N–H and O–H groups in total. The first-order valence-corrected chi connectivity index (χ1v) is 9.60. The second kappa shape index (κ2) is 5.50. The van der Waals surface area contributed by atoms with Crippen molar-refractivity contribution >= 4 is 10.9 Å². The molecule has 2 unspecified atom stereocenters. The summed E-state index contributed by atoms with van der Waals surface area (Å²) in [6.45, 7) is 6.69. The summed E-state index contributed by atoms with van der Waals surface area (Å²) in [5.74, 6) is 0. The van der Waals surface area contributed by atoms with E-state index in [1.165, 1.54) is 34.9 Å². The second-order valence-corrected chi connectivity index (χ2v) is 8.12. The molecule has 1 aromatic carbocycles. The first-order valence-electron chi connectivity index (χ1n) is 9.60. The molecule has 3 heteroatoms. The van der Waals surface area contributed by atoms with Crippen LogP contribution in [0.3, 0.4) is 0 Å². The van der Waals surface area contributed by atoms with Crippen molar-refractivity contribution in [3.8, 4) is 0 Å². The molecule has 3 aliphatic rings. The molecule has 0 aliphatic carbocycles. The zero-order valence-corrected chi connectivity index (χ0v) is 15.5. The van der Waals surface area contributed by atoms with E-state index >= 15 is 0 Å². The number of hydrogen-bond acceptors (Lipinski definition) is 2. The van der Waals surface area contributed by atoms with Crippen molar-refractivity contribution in [2.75, 3.05) is 13.6 Å². The number of benzene rings is 1. The Hall–Kier alpha value is -2.00. The van der Waals surface area contributed by atoms with Crippen LogP contribution in [-0.2, 0) is 19.4 Å². The highest BCUT2D eigenvalue weighted by Crippen LogP contribution is 2.42. The molecule has 130 valence electrons. The Morgan fingerprint density at radius 2 is 2.08 bits per heavy atom. The molecule has 0 saturated carbocycles. The van der Waals surface area contributed by atoms with Crippen LogP contribution in [0.25, 0.3) is 10.9 Å². The van der Waals surface area contributed by atoms with E-state index in [1.54, 1.807) is 16.8 Å². The largest absolute Gasteiger partial charge is 0.385 e. The van der Waals surface area contributed by atoms with Crippen LogP contribution in [0.2, 0.25) is 0 Å². The van der Waals surface area contributed by atoms with E-state index in [9.17, 15) is 0 Å². The predicted molar refractivity (Wildman–Crippen MR) is 104 cm³/mol. The third-order valence-electron chi connectivity index (χ3n) is 6.17. The number of hydrogen-bond donors (Lipinski definition) is 1. The van der Waals surface area contributed by atoms with E-state index in [1.807, 2.05) is 0 Å². The number of nitrogens with zero attached hydrogens (tertiary/aromatic N) is 2. The first kappa shape index (κ1) is 15.3. The predicted octanol–water partition coefficient (Wildman–Crippen LogP) is 3.86. The van der Waals surface area contributed by atoms with Crippen molar-refractivity contribution in [1.29, 1.82) is 0 Å². The maximum absolute atomic E-state index is 3.50. The Kier molecular flexibility index (Phi) is 3.36. The summed E-state index contributed by atoms with van der Waals surface area (Å²) in [7, 11) is 2.25. The zero-order chi connectivity index (χ0) is 17.1. The van der Waals surface area contributed by atoms with Crippen LogP contribution in [0.5, 0.6) is 0 Å². The van der Waals surface area contributed by atoms with Gasteiger partial charge in [0.25, 0.3) is 0 Å². The molecular weight excluding hydrogens is 306 g/mol. The molecule has 5 rings (SSSR count). The number of aryl methyl sites for hydroxylation is 2. The number of nitrogens with one attached hydrogen (secondary N) is 1. The quantitative estimate of drug-likeness (QED) is 0.855. The van der Waals surface area contributed by atoms with Gasteiger partial charge in [-0.2, -0.15) is 0 Å². The molecule has 25 heavy (non-hydrogen) atoms. The fraction of sp³-hybridized carbons (Fsp3) is 0.455. The lowest BCUT2D eigenvalue weighted by atomic mass is 9.92. The highest BCUT2D eigenvalue weighted by atomic mass is 15.1. The van der Waals surface area contributed by atoms with Crippen LogP contribution in [-0.4, -0.2) is 29.1 Å². The molecule has 1 aromatic heterocycles. The van der Waals surface area contributed by atoms with Crippen molar-refractivity contribution in [3.05, 3.63) is 58.4 Å². The Bertz CT molecular complexity index is 915. The number of dihydropyridines is 1. The highest BCUT2D eigenvalue weighted by Gasteiger charge is 2.31. The van der Waals surface area contributed by atoms with Gasteiger partial charge < -0.3 is 14.8 Å². The lowest BCUT2D eigenvalue weighted by Gasteiger charge is -2.32. The number of likely N-dealkylation sites (N-methyl/N-ethyl adjacent to an activating group) is 1. The Morgan fingerprint density at radius 1 is 1.20 bits per heavy atom. The Balaban J connectivity index is 1.74. The van der Waals surface area contributed by atoms with E-state index in [-0.39, 0.29) is 0 Å². The van der Waals surface area contributed by atoms with Gasteiger partial charge in [-0.3, -0.25) is 0 Å². The van der Waals surface area contributed by atoms with Gasteiger partial charge in [-0.25, -0.2) is 0 Å². The van der Waals surface area contributed by atoms with Crippen molar-refractivity contribution in [1.82, 2.24) is 14.8 Å². The molecule has 2 aromatic rings. The van der Waals surface area contributed by atoms with E-state index in [0.29, 0.717) is 12.1 Å². The van der Waals surface area contributed by atoms with Gasteiger partial charge in [-0.05, 0) is 56.5 Å². The summed E-state index contributed by atoms with van der Waals surface area (Å²) in [5, 5.41) is 5.01. The summed E-state index contributed by atoms with van der Waals surface area (Å²) in [6.07, 6.45) is 10.4. The van der Waals surface area contributed by atoms with E-state index < -0.39 is 0 Å². The Morgan fingerprint density at radius 3 is 2.88 bits per heavy atom. The van der Waals surface area contributed by atoms with Crippen molar-refractivity contribution < 1.29 is 0 Å². The van der Waals surface area contributed by atoms with Gasteiger partial charge >= 0.3 is 0 Å². The van der Waals surface area contributed by atoms with Gasteiger partial charge in [-0.1, -0.05) is 23.8 Å². The fourth-order valence-corrected chi connectivity index (χ4v) is 4.96. The van der Waals surface area contributed by atoms with E-state index in [4.69, 9.17) is 0 Å². The molecule has 2 atom stereocenters. The molecule has 3 aliphatic heterocycles. The SMILES string of the molecule is Cc1cc2c3c(c1)c1c(n3C(C3=CNC(C)C=C3)CC2)CCN(C)C1. The van der Waals surface area contributed by atoms with Gasteiger partial charge in [0.15, 0.2) is 0 Å². The molecule has 3 nitrogen and oxygen atoms in total. The van der Waals surface area contributed by atoms with Gasteiger partial charge in [0.1, 0.15) is 0 Å². The fourth-order valence-electron chi connectivity index (χ4n) is 4.96. The summed E-state index contributed by atoms with van der Waals surface area (Å²) in [4.78, 5) is 2.46. The lowest BCUT2D eigenvalue weighted by molar-refractivity contribution is 0.307. The van der Waals surface area contributed by atoms with Gasteiger partial charge in [0.2, 0.25) is 0 Å². The normalized spacial score (nSPS) is 25.6. The minimum absolute atomic E-state index is 0.439. The van der Waals surface area contributed by atoms with Crippen LogP contribution in [0.1, 0.15) is 41.8 Å². The number of fused-ring (bicyclic) bond motifs is 3. The molecule has 0 amide bonds. The van der Waals surface area contributed by atoms with Gasteiger partial charge in [-0.15, -0.1) is 0 Å². The molecule has 0 saturated heterocycles. The minimum atomic E-state index is 0.439. The van der Waals surface area contributed by atoms with E-state index in [0.717, 1.165) is 19.5 Å². The third kappa shape index (κ3) is 2.29. The molecule has 0 radical (unpaired) electrons. The molecule has 0 bridgehead atoms. The van der Waals surface area contributed by atoms with Gasteiger partial charge in [0, 0.05) is 42.8 Å². The van der Waals surface area contributed by atoms with Crippen molar-refractivity contribution in [3.63, 3.8) is 0 Å². The van der Waals surface area contributed by atoms with Crippen LogP contribution < -0.4 is 5.32 Å². The summed E-state index contributed by atoms with van der Waals surface area (Å²) in [5.41, 5.74) is 9.05. The average Bonchev–Trinajstić information content (AvgIpc) is 2.91. The van der Waals surface area contributed by atoms with Crippen LogP contribution >= 0.6 is 0 Å². The topological polar surface area (TPSA) is 20.2 Å². The molecule has 0 fully saturated rings. The highest BCUT2D eigenvalue weighted by molar-refractivity contribution is 5.90. The monoisotopic (exact) mass is 333 g/mol. The smallest absolute Gasteiger partial charge is 0.0606 e. The maximum Gasteiger partial charge on any atom is 0.0606 e. The number of aromatic nitrogens is 1. The van der Waals surface area contributed by atoms with Crippen LogP contribution in [0.15, 0.2) is 36.1 Å². The molecular formula is C22H27N3. The molecule has 4 heterocycles. The lowest BCUT2D eigenvalue weighted by Crippen LogP contribution is -2.30. The van der Waals surface area contributed by atoms with Gasteiger partial charge in [0.05, 0.1) is 11.6 Å². The minimum Gasteiger partial charge on any atom is -0.385 e. The van der Waals surface area contributed by atoms with E-state index in [2.05, 4.69) is 66.2 Å². The average molecular weight is 333 g/mol. The first-order chi connectivity index (χ1) is 12.1. The second-order valence-electron chi connectivity index (χ2n) is 8.12. The standard InChI is InChI=1S/C22H27N3/c1-14-10-16-6-7-20(17-5-4-15(2)23-12-17)25-21-8-9-24(3)13-19(21)18(11-14)22(16)25/h4-5,10-12,15,20,23H,6-9,13H2,1-3H3. The maximum atomic E-state index is 3.50. The number of allylic oxidation sites excluding steroid dienone is 2. The molecule has 0 spiro atoms. The number of rotatable bonds is 1. The summed E-state index contributed by atoms with van der Waals surface area (Å²) < 4.78 is 2.70. The van der Waals surface area contributed by atoms with Crippen molar-refractivity contribution in [2.45, 2.75) is 51.7 Å². The zero-order valence-electron chi connectivity index (χ0n) is 15.5. The van der Waals surface area contributed by atoms with Crippen molar-refractivity contribution in [2.24, 2.45) is 0 Å². The summed E-state index contributed by atoms with van der Waals surface area (Å²) in [6, 6.07) is 5.74. The van der Waals surface area contributed by atoms with Crippen LogP contribution in [0, 0.1) is 6.92 Å². The Labute approximate surface area is 150 Å². The third-order valence-corrected chi connectivity index (χ3v) is 6.17.